The summed E-state index contributed by atoms with van der Waals surface area (Å²) >= 11 is 9.60. The van der Waals surface area contributed by atoms with Gasteiger partial charge in [0.25, 0.3) is 0 Å². The summed E-state index contributed by atoms with van der Waals surface area (Å²) in [6.07, 6.45) is 1.13. The van der Waals surface area contributed by atoms with Crippen LogP contribution in [0.1, 0.15) is 25.8 Å². The summed E-state index contributed by atoms with van der Waals surface area (Å²) in [4.78, 5) is 0. The van der Waals surface area contributed by atoms with E-state index >= 15 is 0 Å². The molecule has 0 aliphatic rings. The average Bonchev–Trinajstić information content (AvgIpc) is 2.28. The van der Waals surface area contributed by atoms with Crippen LogP contribution in [-0.4, -0.2) is 19.1 Å². The molecule has 0 amide bonds. The minimum absolute atomic E-state index is 0.564. The molecule has 4 heteroatoms. The number of hydrogen-bond donors (Lipinski definition) is 2. The van der Waals surface area contributed by atoms with E-state index in [4.69, 9.17) is 11.6 Å². The molecule has 1 aromatic carbocycles. The number of halogens is 2. The van der Waals surface area contributed by atoms with E-state index in [9.17, 15) is 0 Å². The maximum absolute atomic E-state index is 6.18. The van der Waals surface area contributed by atoms with E-state index in [-0.39, 0.29) is 0 Å². The Bertz CT molecular complexity index is 342. The van der Waals surface area contributed by atoms with Gasteiger partial charge < -0.3 is 10.6 Å². The monoisotopic (exact) mass is 318 g/mol. The topological polar surface area (TPSA) is 24.1 Å². The van der Waals surface area contributed by atoms with Crippen LogP contribution in [0.15, 0.2) is 22.7 Å². The van der Waals surface area contributed by atoms with Gasteiger partial charge in [-0.25, -0.2) is 0 Å². The zero-order chi connectivity index (χ0) is 12.7. The third-order valence-corrected chi connectivity index (χ3v) is 3.77. The van der Waals surface area contributed by atoms with Crippen LogP contribution in [0.4, 0.5) is 0 Å². The second-order valence-corrected chi connectivity index (χ2v) is 5.58. The third-order valence-electron chi connectivity index (χ3n) is 2.43. The Morgan fingerprint density at radius 1 is 1.29 bits per heavy atom. The molecular weight excluding hydrogens is 300 g/mol. The molecule has 0 bridgehead atoms. The van der Waals surface area contributed by atoms with Crippen molar-refractivity contribution in [2.75, 3.05) is 13.1 Å². The number of benzene rings is 1. The Labute approximate surface area is 117 Å². The van der Waals surface area contributed by atoms with Gasteiger partial charge in [0, 0.05) is 17.1 Å². The van der Waals surface area contributed by atoms with Gasteiger partial charge in [0.15, 0.2) is 0 Å². The SMILES string of the molecule is CC(C)NCCCNCc1cccc(Br)c1Cl. The van der Waals surface area contributed by atoms with E-state index in [0.29, 0.717) is 6.04 Å². The van der Waals surface area contributed by atoms with E-state index in [1.165, 1.54) is 0 Å². The molecule has 0 aliphatic heterocycles. The summed E-state index contributed by atoms with van der Waals surface area (Å²) in [5, 5.41) is 7.60. The van der Waals surface area contributed by atoms with Gasteiger partial charge >= 0.3 is 0 Å². The van der Waals surface area contributed by atoms with Crippen molar-refractivity contribution in [3.8, 4) is 0 Å². The molecule has 17 heavy (non-hydrogen) atoms. The van der Waals surface area contributed by atoms with E-state index in [2.05, 4.69) is 40.4 Å². The van der Waals surface area contributed by atoms with E-state index < -0.39 is 0 Å². The van der Waals surface area contributed by atoms with Crippen LogP contribution < -0.4 is 10.6 Å². The van der Waals surface area contributed by atoms with E-state index in [1.54, 1.807) is 0 Å². The second-order valence-electron chi connectivity index (χ2n) is 4.35. The van der Waals surface area contributed by atoms with E-state index in [1.807, 2.05) is 18.2 Å². The molecule has 2 N–H and O–H groups in total. The predicted molar refractivity (Wildman–Crippen MR) is 78.6 cm³/mol. The van der Waals surface area contributed by atoms with Gasteiger partial charge in [0.1, 0.15) is 0 Å². The summed E-state index contributed by atoms with van der Waals surface area (Å²) in [6, 6.07) is 6.58. The minimum atomic E-state index is 0.564. The highest BCUT2D eigenvalue weighted by molar-refractivity contribution is 9.10. The molecule has 0 saturated carbocycles. The van der Waals surface area contributed by atoms with Crippen LogP contribution in [0, 0.1) is 0 Å². The number of hydrogen-bond acceptors (Lipinski definition) is 2. The highest BCUT2D eigenvalue weighted by Crippen LogP contribution is 2.25. The zero-order valence-electron chi connectivity index (χ0n) is 10.4. The Balaban J connectivity index is 2.20. The fraction of sp³-hybridized carbons (Fsp3) is 0.538. The van der Waals surface area contributed by atoms with Gasteiger partial charge in [-0.2, -0.15) is 0 Å². The molecule has 2 nitrogen and oxygen atoms in total. The first kappa shape index (κ1) is 15.0. The lowest BCUT2D eigenvalue weighted by atomic mass is 10.2. The van der Waals surface area contributed by atoms with Crippen molar-refractivity contribution < 1.29 is 0 Å². The fourth-order valence-corrected chi connectivity index (χ4v) is 2.11. The van der Waals surface area contributed by atoms with Crippen molar-refractivity contribution >= 4 is 27.5 Å². The van der Waals surface area contributed by atoms with E-state index in [0.717, 1.165) is 41.1 Å². The minimum Gasteiger partial charge on any atom is -0.314 e. The number of rotatable bonds is 7. The quantitative estimate of drug-likeness (QED) is 0.751. The molecule has 1 aromatic rings. The molecule has 0 spiro atoms. The van der Waals surface area contributed by atoms with Gasteiger partial charge in [0.05, 0.1) is 5.02 Å². The lowest BCUT2D eigenvalue weighted by Gasteiger charge is -2.09. The van der Waals surface area contributed by atoms with Crippen LogP contribution in [-0.2, 0) is 6.54 Å². The maximum Gasteiger partial charge on any atom is 0.0592 e. The van der Waals surface area contributed by atoms with Crippen LogP contribution in [0.5, 0.6) is 0 Å². The first-order valence-electron chi connectivity index (χ1n) is 5.98. The Morgan fingerprint density at radius 2 is 2.06 bits per heavy atom. The normalized spacial score (nSPS) is 11.1. The molecule has 0 heterocycles. The lowest BCUT2D eigenvalue weighted by Crippen LogP contribution is -2.26. The molecule has 0 fully saturated rings. The van der Waals surface area contributed by atoms with Crippen molar-refractivity contribution in [3.05, 3.63) is 33.3 Å². The van der Waals surface area contributed by atoms with Gasteiger partial charge in [-0.05, 0) is 47.1 Å². The van der Waals surface area contributed by atoms with Gasteiger partial charge in [-0.1, -0.05) is 37.6 Å². The lowest BCUT2D eigenvalue weighted by molar-refractivity contribution is 0.547. The van der Waals surface area contributed by atoms with Gasteiger partial charge in [0.2, 0.25) is 0 Å². The fourth-order valence-electron chi connectivity index (χ4n) is 1.51. The summed E-state index contributed by atoms with van der Waals surface area (Å²) < 4.78 is 0.958. The van der Waals surface area contributed by atoms with Crippen molar-refractivity contribution in [2.45, 2.75) is 32.9 Å². The Morgan fingerprint density at radius 3 is 2.76 bits per heavy atom. The Hall–Kier alpha value is -0.0900. The molecule has 96 valence electrons. The molecule has 0 unspecified atom stereocenters. The second kappa shape index (κ2) is 8.09. The molecular formula is C13H20BrClN2. The van der Waals surface area contributed by atoms with Crippen LogP contribution >= 0.6 is 27.5 Å². The highest BCUT2D eigenvalue weighted by Gasteiger charge is 2.02. The molecule has 0 radical (unpaired) electrons. The Kier molecular flexibility index (Phi) is 7.12. The van der Waals surface area contributed by atoms with Crippen LogP contribution in [0.25, 0.3) is 0 Å². The van der Waals surface area contributed by atoms with Crippen molar-refractivity contribution in [3.63, 3.8) is 0 Å². The highest BCUT2D eigenvalue weighted by atomic mass is 79.9. The van der Waals surface area contributed by atoms with Crippen molar-refractivity contribution in [1.29, 1.82) is 0 Å². The average molecular weight is 320 g/mol. The van der Waals surface area contributed by atoms with Crippen LogP contribution in [0.3, 0.4) is 0 Å². The van der Waals surface area contributed by atoms with Crippen molar-refractivity contribution in [1.82, 2.24) is 10.6 Å². The predicted octanol–water partition coefficient (Wildman–Crippen LogP) is 3.58. The third kappa shape index (κ3) is 5.87. The standard InChI is InChI=1S/C13H20BrClN2/c1-10(2)17-8-4-7-16-9-11-5-3-6-12(14)13(11)15/h3,5-6,10,16-17H,4,7-9H2,1-2H3. The molecule has 1 rings (SSSR count). The summed E-state index contributed by atoms with van der Waals surface area (Å²) in [5.74, 6) is 0. The zero-order valence-corrected chi connectivity index (χ0v) is 12.7. The molecule has 0 aromatic heterocycles. The largest absolute Gasteiger partial charge is 0.314 e. The summed E-state index contributed by atoms with van der Waals surface area (Å²) in [7, 11) is 0. The smallest absolute Gasteiger partial charge is 0.0592 e. The van der Waals surface area contributed by atoms with Gasteiger partial charge in [-0.15, -0.1) is 0 Å². The molecule has 0 saturated heterocycles. The summed E-state index contributed by atoms with van der Waals surface area (Å²) in [6.45, 7) is 7.20. The van der Waals surface area contributed by atoms with Crippen LogP contribution in [0.2, 0.25) is 5.02 Å². The van der Waals surface area contributed by atoms with Gasteiger partial charge in [-0.3, -0.25) is 0 Å². The maximum atomic E-state index is 6.18. The summed E-state index contributed by atoms with van der Waals surface area (Å²) in [5.41, 5.74) is 1.14. The first-order valence-corrected chi connectivity index (χ1v) is 7.15. The van der Waals surface area contributed by atoms with Crippen molar-refractivity contribution in [2.24, 2.45) is 0 Å². The first-order chi connectivity index (χ1) is 8.11. The molecule has 0 atom stereocenters. The number of nitrogens with one attached hydrogen (secondary N) is 2. The molecule has 0 aliphatic carbocycles.